The molecule has 6 nitrogen and oxygen atoms in total. The van der Waals surface area contributed by atoms with Gasteiger partial charge in [-0.25, -0.2) is 9.59 Å². The van der Waals surface area contributed by atoms with Crippen LogP contribution in [0.4, 0.5) is 5.69 Å². The lowest BCUT2D eigenvalue weighted by Gasteiger charge is -2.01. The lowest BCUT2D eigenvalue weighted by atomic mass is 10.3. The Kier molecular flexibility index (Phi) is 6.24. The van der Waals surface area contributed by atoms with E-state index in [-0.39, 0.29) is 0 Å². The third-order valence-electron chi connectivity index (χ3n) is 1.27. The number of nitrogens with one attached hydrogen (secondary N) is 1. The van der Waals surface area contributed by atoms with Crippen molar-refractivity contribution in [3.8, 4) is 0 Å². The fourth-order valence-corrected chi connectivity index (χ4v) is 1.07. The van der Waals surface area contributed by atoms with Crippen LogP contribution in [-0.4, -0.2) is 22.2 Å². The van der Waals surface area contributed by atoms with Crippen molar-refractivity contribution in [1.82, 2.24) is 0 Å². The van der Waals surface area contributed by atoms with Crippen molar-refractivity contribution in [3.63, 3.8) is 0 Å². The Morgan fingerprint density at radius 2 is 1.69 bits per heavy atom. The summed E-state index contributed by atoms with van der Waals surface area (Å²) in [5.74, 6) is 1.48. The van der Waals surface area contributed by atoms with E-state index in [1.54, 1.807) is 18.2 Å². The highest BCUT2D eigenvalue weighted by Gasteiger charge is 2.04. The number of hydrazine groups is 1. The van der Waals surface area contributed by atoms with Gasteiger partial charge in [0.15, 0.2) is 0 Å². The monoisotopic (exact) mass is 266 g/mol. The van der Waals surface area contributed by atoms with Crippen molar-refractivity contribution in [2.45, 2.75) is 0 Å². The van der Waals surface area contributed by atoms with Crippen molar-refractivity contribution >= 4 is 40.8 Å². The first kappa shape index (κ1) is 14.5. The Labute approximate surface area is 101 Å². The molecule has 88 valence electrons. The molecule has 16 heavy (non-hydrogen) atoms. The maximum absolute atomic E-state index is 9.10. The molecule has 0 atom stereocenters. The van der Waals surface area contributed by atoms with Crippen LogP contribution in [0.3, 0.4) is 0 Å². The number of aliphatic carboxylic acids is 2. The number of carboxylic acids is 2. The van der Waals surface area contributed by atoms with Crippen LogP contribution in [0.5, 0.6) is 0 Å². The molecule has 0 saturated heterocycles. The molecule has 5 N–H and O–H groups in total. The van der Waals surface area contributed by atoms with Crippen LogP contribution in [0.1, 0.15) is 0 Å². The van der Waals surface area contributed by atoms with Crippen LogP contribution in [0.25, 0.3) is 0 Å². The standard InChI is InChI=1S/C6H6Cl2N2.C2H2O4/c7-4-1-2-6(10-9)5(8)3-4;3-1(4)2(5)6/h1-3,10H,9H2;(H,3,4)(H,5,6). The summed E-state index contributed by atoms with van der Waals surface area (Å²) < 4.78 is 0. The first-order valence-electron chi connectivity index (χ1n) is 3.76. The molecule has 0 aromatic heterocycles. The summed E-state index contributed by atoms with van der Waals surface area (Å²) in [6.45, 7) is 0. The Bertz CT molecular complexity index is 386. The third-order valence-corrected chi connectivity index (χ3v) is 1.82. The molecule has 0 radical (unpaired) electrons. The first-order valence-corrected chi connectivity index (χ1v) is 4.52. The maximum Gasteiger partial charge on any atom is 0.414 e. The molecule has 0 aliphatic heterocycles. The zero-order valence-electron chi connectivity index (χ0n) is 7.78. The lowest BCUT2D eigenvalue weighted by Crippen LogP contribution is -2.09. The summed E-state index contributed by atoms with van der Waals surface area (Å²) >= 11 is 11.3. The molecule has 1 aromatic carbocycles. The number of benzene rings is 1. The minimum Gasteiger partial charge on any atom is -0.473 e. The highest BCUT2D eigenvalue weighted by atomic mass is 35.5. The van der Waals surface area contributed by atoms with E-state index in [1.807, 2.05) is 0 Å². The minimum atomic E-state index is -1.82. The molecule has 0 aliphatic rings. The van der Waals surface area contributed by atoms with Gasteiger partial charge in [0.1, 0.15) is 0 Å². The van der Waals surface area contributed by atoms with Gasteiger partial charge < -0.3 is 15.6 Å². The number of hydrogen-bond acceptors (Lipinski definition) is 4. The molecular weight excluding hydrogens is 259 g/mol. The van der Waals surface area contributed by atoms with Crippen molar-refractivity contribution in [2.24, 2.45) is 5.84 Å². The molecule has 0 bridgehead atoms. The zero-order valence-corrected chi connectivity index (χ0v) is 9.29. The van der Waals surface area contributed by atoms with Gasteiger partial charge in [-0.3, -0.25) is 5.84 Å². The molecule has 0 amide bonds. The number of anilines is 1. The summed E-state index contributed by atoms with van der Waals surface area (Å²) in [4.78, 5) is 18.2. The van der Waals surface area contributed by atoms with Gasteiger partial charge in [-0.1, -0.05) is 23.2 Å². The Balaban J connectivity index is 0.000000325. The van der Waals surface area contributed by atoms with E-state index in [1.165, 1.54) is 0 Å². The van der Waals surface area contributed by atoms with Crippen LogP contribution >= 0.6 is 23.2 Å². The number of hydrogen-bond donors (Lipinski definition) is 4. The molecule has 0 aliphatic carbocycles. The molecule has 8 heteroatoms. The zero-order chi connectivity index (χ0) is 12.7. The van der Waals surface area contributed by atoms with Gasteiger partial charge in [0.05, 0.1) is 10.7 Å². The highest BCUT2D eigenvalue weighted by molar-refractivity contribution is 6.36. The van der Waals surface area contributed by atoms with Gasteiger partial charge in [0.25, 0.3) is 0 Å². The van der Waals surface area contributed by atoms with E-state index in [9.17, 15) is 0 Å². The number of nitrogens with two attached hydrogens (primary N) is 1. The van der Waals surface area contributed by atoms with Crippen LogP contribution < -0.4 is 11.3 Å². The second-order valence-corrected chi connectivity index (χ2v) is 3.22. The summed E-state index contributed by atoms with van der Waals surface area (Å²) in [6, 6.07) is 5.05. The summed E-state index contributed by atoms with van der Waals surface area (Å²) in [5, 5.41) is 15.9. The Morgan fingerprint density at radius 1 is 1.19 bits per heavy atom. The smallest absolute Gasteiger partial charge is 0.414 e. The van der Waals surface area contributed by atoms with Crippen molar-refractivity contribution in [1.29, 1.82) is 0 Å². The maximum atomic E-state index is 9.10. The lowest BCUT2D eigenvalue weighted by molar-refractivity contribution is -0.159. The van der Waals surface area contributed by atoms with Crippen molar-refractivity contribution in [3.05, 3.63) is 28.2 Å². The molecule has 0 saturated carbocycles. The van der Waals surface area contributed by atoms with E-state index in [2.05, 4.69) is 5.43 Å². The SMILES string of the molecule is NNc1ccc(Cl)cc1Cl.O=C(O)C(=O)O. The summed E-state index contributed by atoms with van der Waals surface area (Å²) in [6.07, 6.45) is 0. The normalized spacial score (nSPS) is 8.69. The van der Waals surface area contributed by atoms with Gasteiger partial charge in [0, 0.05) is 5.02 Å². The number of carboxylic acid groups (broad SMARTS) is 2. The van der Waals surface area contributed by atoms with Crippen LogP contribution in [0.15, 0.2) is 18.2 Å². The van der Waals surface area contributed by atoms with Gasteiger partial charge in [0.2, 0.25) is 0 Å². The quantitative estimate of drug-likeness (QED) is 0.348. The predicted molar refractivity (Wildman–Crippen MR) is 59.5 cm³/mol. The van der Waals surface area contributed by atoms with Gasteiger partial charge in [-0.15, -0.1) is 0 Å². The fourth-order valence-electron chi connectivity index (χ4n) is 0.607. The van der Waals surface area contributed by atoms with Crippen LogP contribution in [-0.2, 0) is 9.59 Å². The van der Waals surface area contributed by atoms with E-state index >= 15 is 0 Å². The molecule has 0 heterocycles. The van der Waals surface area contributed by atoms with E-state index in [4.69, 9.17) is 48.8 Å². The largest absolute Gasteiger partial charge is 0.473 e. The summed E-state index contributed by atoms with van der Waals surface area (Å²) in [5.41, 5.74) is 3.10. The highest BCUT2D eigenvalue weighted by Crippen LogP contribution is 2.23. The molecular formula is C8H8Cl2N2O4. The molecule has 1 rings (SSSR count). The number of nitrogen functional groups attached to an aromatic ring is 1. The van der Waals surface area contributed by atoms with E-state index in [0.717, 1.165) is 0 Å². The average Bonchev–Trinajstić information content (AvgIpc) is 2.18. The molecule has 0 fully saturated rings. The van der Waals surface area contributed by atoms with Crippen LogP contribution in [0, 0.1) is 0 Å². The van der Waals surface area contributed by atoms with Gasteiger partial charge in [-0.2, -0.15) is 0 Å². The second-order valence-electron chi connectivity index (χ2n) is 2.38. The van der Waals surface area contributed by atoms with E-state index in [0.29, 0.717) is 15.7 Å². The number of halogens is 2. The Morgan fingerprint density at radius 3 is 2.00 bits per heavy atom. The van der Waals surface area contributed by atoms with Gasteiger partial charge in [-0.05, 0) is 18.2 Å². The third kappa shape index (κ3) is 5.40. The average molecular weight is 267 g/mol. The molecule has 0 unspecified atom stereocenters. The first-order chi connectivity index (χ1) is 7.38. The van der Waals surface area contributed by atoms with E-state index < -0.39 is 11.9 Å². The predicted octanol–water partition coefficient (Wildman–Crippen LogP) is 1.43. The second kappa shape index (κ2) is 6.89. The van der Waals surface area contributed by atoms with Gasteiger partial charge >= 0.3 is 11.9 Å². The minimum absolute atomic E-state index is 0.523. The van der Waals surface area contributed by atoms with Crippen molar-refractivity contribution < 1.29 is 19.8 Å². The number of carbonyl (C=O) groups is 2. The van der Waals surface area contributed by atoms with Crippen molar-refractivity contribution in [2.75, 3.05) is 5.43 Å². The molecule has 0 spiro atoms. The number of rotatable bonds is 1. The van der Waals surface area contributed by atoms with Crippen LogP contribution in [0.2, 0.25) is 10.0 Å². The topological polar surface area (TPSA) is 113 Å². The summed E-state index contributed by atoms with van der Waals surface area (Å²) in [7, 11) is 0. The molecule has 1 aromatic rings. The Hall–Kier alpha value is -1.50. The fraction of sp³-hybridized carbons (Fsp3) is 0.